The molecule has 0 aliphatic carbocycles. The van der Waals surface area contributed by atoms with E-state index >= 15 is 0 Å². The summed E-state index contributed by atoms with van der Waals surface area (Å²) >= 11 is 10.0. The topological polar surface area (TPSA) is 17.1 Å². The van der Waals surface area contributed by atoms with E-state index in [1.54, 1.807) is 0 Å². The van der Waals surface area contributed by atoms with Crippen LogP contribution in [0.3, 0.4) is 0 Å². The highest BCUT2D eigenvalue weighted by molar-refractivity contribution is 14.1. The number of alkyl halides is 4. The molecule has 1 aromatic rings. The fraction of sp³-hybridized carbons (Fsp3) is 0.222. The van der Waals surface area contributed by atoms with Crippen molar-refractivity contribution in [1.29, 1.82) is 0 Å². The molecular formula is C9H4BrClF3IO. The average Bonchev–Trinajstić information content (AvgIpc) is 2.18. The monoisotopic (exact) mass is 426 g/mol. The summed E-state index contributed by atoms with van der Waals surface area (Å²) in [5.41, 5.74) is -1.44. The smallest absolute Gasteiger partial charge is 0.293 e. The molecule has 88 valence electrons. The molecule has 0 aliphatic rings. The number of halogens is 6. The molecule has 0 saturated heterocycles. The van der Waals surface area contributed by atoms with E-state index in [9.17, 15) is 18.0 Å². The highest BCUT2D eigenvalue weighted by Crippen LogP contribution is 2.38. The number of hydrogen-bond donors (Lipinski definition) is 0. The Bertz CT molecular complexity index is 433. The van der Waals surface area contributed by atoms with Crippen LogP contribution in [0.1, 0.15) is 15.9 Å². The third-order valence-corrected chi connectivity index (χ3v) is 3.51. The second-order valence-corrected chi connectivity index (χ2v) is 4.96. The maximum absolute atomic E-state index is 12.8. The standard InChI is InChI=1S/C9H4BrClF3IO/c10-3-6(16)7-4(11)1-2-5(15)8(7)9(12,13)14/h1-2H,3H2. The summed E-state index contributed by atoms with van der Waals surface area (Å²) in [5, 5.41) is -0.382. The van der Waals surface area contributed by atoms with Crippen molar-refractivity contribution in [1.82, 2.24) is 0 Å². The summed E-state index contributed by atoms with van der Waals surface area (Å²) in [5.74, 6) is -0.684. The van der Waals surface area contributed by atoms with Gasteiger partial charge in [0.1, 0.15) is 0 Å². The summed E-state index contributed by atoms with van der Waals surface area (Å²) in [4.78, 5) is 11.4. The molecule has 7 heteroatoms. The van der Waals surface area contributed by atoms with Crippen LogP contribution >= 0.6 is 50.1 Å². The largest absolute Gasteiger partial charge is 0.418 e. The van der Waals surface area contributed by atoms with E-state index in [-0.39, 0.29) is 13.9 Å². The van der Waals surface area contributed by atoms with Crippen LogP contribution in [0, 0.1) is 3.57 Å². The molecule has 0 aliphatic heterocycles. The van der Waals surface area contributed by atoms with Gasteiger partial charge in [0.2, 0.25) is 0 Å². The molecule has 0 saturated carbocycles. The van der Waals surface area contributed by atoms with Crippen LogP contribution in [0.15, 0.2) is 12.1 Å². The molecule has 1 rings (SSSR count). The highest BCUT2D eigenvalue weighted by atomic mass is 127. The van der Waals surface area contributed by atoms with Crippen LogP contribution in [0.2, 0.25) is 5.02 Å². The molecule has 0 atom stereocenters. The van der Waals surface area contributed by atoms with Crippen LogP contribution < -0.4 is 0 Å². The quantitative estimate of drug-likeness (QED) is 0.385. The third-order valence-electron chi connectivity index (χ3n) is 1.79. The van der Waals surface area contributed by atoms with Crippen molar-refractivity contribution in [3.8, 4) is 0 Å². The van der Waals surface area contributed by atoms with Crippen molar-refractivity contribution in [2.45, 2.75) is 6.18 Å². The first-order chi connectivity index (χ1) is 7.29. The van der Waals surface area contributed by atoms with Gasteiger partial charge in [-0.3, -0.25) is 4.79 Å². The highest BCUT2D eigenvalue weighted by Gasteiger charge is 2.38. The lowest BCUT2D eigenvalue weighted by molar-refractivity contribution is -0.138. The second-order valence-electron chi connectivity index (χ2n) is 2.83. The van der Waals surface area contributed by atoms with Crippen LogP contribution in [0.5, 0.6) is 0 Å². The first-order valence-electron chi connectivity index (χ1n) is 3.93. The minimum atomic E-state index is -4.59. The minimum Gasteiger partial charge on any atom is -0.293 e. The van der Waals surface area contributed by atoms with Gasteiger partial charge in [0, 0.05) is 3.57 Å². The fourth-order valence-electron chi connectivity index (χ4n) is 1.17. The van der Waals surface area contributed by atoms with Gasteiger partial charge in [-0.15, -0.1) is 0 Å². The predicted molar refractivity (Wildman–Crippen MR) is 67.3 cm³/mol. The maximum atomic E-state index is 12.8. The molecule has 0 bridgehead atoms. The average molecular weight is 427 g/mol. The Morgan fingerprint density at radius 3 is 2.44 bits per heavy atom. The van der Waals surface area contributed by atoms with Gasteiger partial charge in [-0.05, 0) is 34.7 Å². The Kier molecular flexibility index (Phi) is 4.65. The number of hydrogen-bond acceptors (Lipinski definition) is 1. The van der Waals surface area contributed by atoms with Crippen molar-refractivity contribution < 1.29 is 18.0 Å². The molecule has 0 fully saturated rings. The lowest BCUT2D eigenvalue weighted by Gasteiger charge is -2.14. The molecule has 0 amide bonds. The number of carbonyl (C=O) groups is 1. The zero-order chi connectivity index (χ0) is 12.5. The van der Waals surface area contributed by atoms with Crippen LogP contribution in [0.25, 0.3) is 0 Å². The van der Waals surface area contributed by atoms with E-state index in [1.807, 2.05) is 0 Å². The lowest BCUT2D eigenvalue weighted by Crippen LogP contribution is -2.16. The Morgan fingerprint density at radius 2 is 2.00 bits per heavy atom. The molecule has 0 aromatic heterocycles. The molecule has 0 radical (unpaired) electrons. The number of ketones is 1. The Balaban J connectivity index is 3.56. The Labute approximate surface area is 117 Å². The van der Waals surface area contributed by atoms with E-state index in [0.717, 1.165) is 0 Å². The van der Waals surface area contributed by atoms with Gasteiger partial charge in [-0.25, -0.2) is 0 Å². The second kappa shape index (κ2) is 5.22. The van der Waals surface area contributed by atoms with Gasteiger partial charge < -0.3 is 0 Å². The minimum absolute atomic E-state index is 0.0428. The van der Waals surface area contributed by atoms with Crippen molar-refractivity contribution >= 4 is 55.9 Å². The molecular weight excluding hydrogens is 423 g/mol. The van der Waals surface area contributed by atoms with Gasteiger partial charge in [0.25, 0.3) is 0 Å². The Hall–Kier alpha value is 0.180. The van der Waals surface area contributed by atoms with Crippen molar-refractivity contribution in [2.24, 2.45) is 0 Å². The van der Waals surface area contributed by atoms with Crippen molar-refractivity contribution in [3.63, 3.8) is 0 Å². The zero-order valence-corrected chi connectivity index (χ0v) is 12.0. The van der Waals surface area contributed by atoms with Crippen LogP contribution in [-0.4, -0.2) is 11.1 Å². The Morgan fingerprint density at radius 1 is 1.44 bits per heavy atom. The molecule has 0 spiro atoms. The van der Waals surface area contributed by atoms with E-state index < -0.39 is 23.1 Å². The maximum Gasteiger partial charge on any atom is 0.418 e. The predicted octanol–water partition coefficient (Wildman–Crippen LogP) is 4.54. The summed E-state index contributed by atoms with van der Waals surface area (Å²) in [7, 11) is 0. The van der Waals surface area contributed by atoms with Gasteiger partial charge >= 0.3 is 6.18 Å². The molecule has 1 aromatic carbocycles. The lowest BCUT2D eigenvalue weighted by atomic mass is 10.0. The van der Waals surface area contributed by atoms with Gasteiger partial charge in [0.05, 0.1) is 21.5 Å². The van der Waals surface area contributed by atoms with Gasteiger partial charge in [0.15, 0.2) is 5.78 Å². The SMILES string of the molecule is O=C(CBr)c1c(Cl)ccc(I)c1C(F)(F)F. The van der Waals surface area contributed by atoms with Gasteiger partial charge in [-0.2, -0.15) is 13.2 Å². The van der Waals surface area contributed by atoms with Gasteiger partial charge in [-0.1, -0.05) is 27.5 Å². The molecule has 16 heavy (non-hydrogen) atoms. The summed E-state index contributed by atoms with van der Waals surface area (Å²) < 4.78 is 38.2. The van der Waals surface area contributed by atoms with Crippen LogP contribution in [0.4, 0.5) is 13.2 Å². The van der Waals surface area contributed by atoms with Crippen LogP contribution in [-0.2, 0) is 6.18 Å². The van der Waals surface area contributed by atoms with E-state index in [4.69, 9.17) is 11.6 Å². The summed E-state index contributed by atoms with van der Waals surface area (Å²) in [6.45, 7) is 0. The molecule has 0 heterocycles. The van der Waals surface area contributed by atoms with E-state index in [1.165, 1.54) is 34.7 Å². The molecule has 0 unspecified atom stereocenters. The first-order valence-corrected chi connectivity index (χ1v) is 6.51. The number of benzene rings is 1. The summed E-state index contributed by atoms with van der Waals surface area (Å²) in [6, 6.07) is 2.52. The molecule has 0 N–H and O–H groups in total. The number of Topliss-reactive ketones (excluding diaryl/α,β-unsaturated/α-hetero) is 1. The third kappa shape index (κ3) is 2.89. The first kappa shape index (κ1) is 14.2. The van der Waals surface area contributed by atoms with E-state index in [0.29, 0.717) is 0 Å². The van der Waals surface area contributed by atoms with E-state index in [2.05, 4.69) is 15.9 Å². The van der Waals surface area contributed by atoms with Crippen molar-refractivity contribution in [3.05, 3.63) is 31.9 Å². The zero-order valence-electron chi connectivity index (χ0n) is 7.54. The van der Waals surface area contributed by atoms with Crippen molar-refractivity contribution in [2.75, 3.05) is 5.33 Å². The number of carbonyl (C=O) groups excluding carboxylic acids is 1. The fourth-order valence-corrected chi connectivity index (χ4v) is 2.47. The number of rotatable bonds is 2. The molecule has 1 nitrogen and oxygen atoms in total. The summed E-state index contributed by atoms with van der Waals surface area (Å²) in [6.07, 6.45) is -4.59. The normalized spacial score (nSPS) is 11.6.